The van der Waals surface area contributed by atoms with E-state index < -0.39 is 30.1 Å². The number of halogens is 1. The summed E-state index contributed by atoms with van der Waals surface area (Å²) in [6.07, 6.45) is 0. The van der Waals surface area contributed by atoms with Crippen molar-refractivity contribution in [2.45, 2.75) is 5.92 Å². The van der Waals surface area contributed by atoms with Gasteiger partial charge in [-0.1, -0.05) is 48.3 Å². The molecule has 2 aromatic rings. The fraction of sp³-hybridized carbons (Fsp3) is 0.143. The van der Waals surface area contributed by atoms with Crippen LogP contribution in [-0.4, -0.2) is 5.88 Å². The number of fused-ring (bicyclic) bond motifs is 3. The summed E-state index contributed by atoms with van der Waals surface area (Å²) in [6, 6.07) is -2.76. The van der Waals surface area contributed by atoms with Crippen LogP contribution in [0.25, 0.3) is 11.1 Å². The van der Waals surface area contributed by atoms with Crippen LogP contribution in [0, 0.1) is 0 Å². The number of hydrogen-bond acceptors (Lipinski definition) is 0. The predicted octanol–water partition coefficient (Wildman–Crippen LogP) is 4.04. The summed E-state index contributed by atoms with van der Waals surface area (Å²) >= 11 is 5.99. The molecule has 0 spiro atoms. The van der Waals surface area contributed by atoms with Crippen molar-refractivity contribution < 1.29 is 11.0 Å². The van der Waals surface area contributed by atoms with E-state index in [2.05, 4.69) is 0 Å². The van der Waals surface area contributed by atoms with Gasteiger partial charge in [0.1, 0.15) is 0 Å². The van der Waals surface area contributed by atoms with Crippen molar-refractivity contribution >= 4 is 11.6 Å². The molecule has 2 aromatic carbocycles. The number of alkyl halides is 1. The van der Waals surface area contributed by atoms with Gasteiger partial charge in [-0.2, -0.15) is 0 Å². The number of rotatable bonds is 1. The molecule has 0 amide bonds. The van der Waals surface area contributed by atoms with Crippen LogP contribution in [0.2, 0.25) is 0 Å². The minimum atomic E-state index is -0.690. The van der Waals surface area contributed by atoms with E-state index in [0.29, 0.717) is 0 Å². The highest BCUT2D eigenvalue weighted by Gasteiger charge is 2.26. The van der Waals surface area contributed by atoms with Crippen LogP contribution in [0.15, 0.2) is 48.3 Å². The summed E-state index contributed by atoms with van der Waals surface area (Å²) in [4.78, 5) is 0. The largest absolute Gasteiger partial charge is 0.126 e. The maximum atomic E-state index is 8.11. The first-order chi connectivity index (χ1) is 10.7. The minimum absolute atomic E-state index is 0.0375. The fourth-order valence-electron chi connectivity index (χ4n) is 1.86. The van der Waals surface area contributed by atoms with Gasteiger partial charge < -0.3 is 0 Å². The average Bonchev–Trinajstić information content (AvgIpc) is 2.89. The molecular weight excluding hydrogens is 204 g/mol. The molecule has 74 valence electrons. The normalized spacial score (nSPS) is 21.1. The van der Waals surface area contributed by atoms with Gasteiger partial charge in [-0.15, -0.1) is 11.6 Å². The van der Waals surface area contributed by atoms with Crippen LogP contribution >= 0.6 is 11.6 Å². The Bertz CT molecular complexity index is 792. The van der Waals surface area contributed by atoms with E-state index in [9.17, 15) is 0 Å². The molecule has 0 N–H and O–H groups in total. The molecule has 3 rings (SSSR count). The molecular formula is C14H11Cl. The second-order valence-electron chi connectivity index (χ2n) is 3.28. The van der Waals surface area contributed by atoms with Crippen molar-refractivity contribution in [1.82, 2.24) is 0 Å². The number of hydrogen-bond donors (Lipinski definition) is 0. The monoisotopic (exact) mass is 222 g/mol. The Kier molecular flexibility index (Phi) is 0.893. The predicted molar refractivity (Wildman–Crippen MR) is 64.4 cm³/mol. The van der Waals surface area contributed by atoms with Crippen molar-refractivity contribution in [1.29, 1.82) is 0 Å². The Hall–Kier alpha value is -1.27. The van der Waals surface area contributed by atoms with Crippen molar-refractivity contribution in [3.05, 3.63) is 59.5 Å². The summed E-state index contributed by atoms with van der Waals surface area (Å²) < 4.78 is 63.7. The molecule has 0 saturated carbocycles. The van der Waals surface area contributed by atoms with Gasteiger partial charge in [0.05, 0.1) is 11.0 Å². The zero-order valence-corrected chi connectivity index (χ0v) is 8.42. The highest BCUT2D eigenvalue weighted by molar-refractivity contribution is 6.19. The molecule has 0 bridgehead atoms. The maximum absolute atomic E-state index is 8.11. The van der Waals surface area contributed by atoms with E-state index in [1.165, 1.54) is 0 Å². The Labute approximate surface area is 106 Å². The van der Waals surface area contributed by atoms with Crippen LogP contribution in [0.4, 0.5) is 0 Å². The van der Waals surface area contributed by atoms with E-state index >= 15 is 0 Å². The lowest BCUT2D eigenvalue weighted by Gasteiger charge is -2.08. The lowest BCUT2D eigenvalue weighted by molar-refractivity contribution is 0.966. The molecule has 0 heterocycles. The number of benzene rings is 2. The Balaban J connectivity index is 2.57. The van der Waals surface area contributed by atoms with Gasteiger partial charge in [-0.3, -0.25) is 0 Å². The molecule has 0 aliphatic heterocycles. The lowest BCUT2D eigenvalue weighted by Crippen LogP contribution is -1.96. The first kappa shape index (κ1) is 3.95. The van der Waals surface area contributed by atoms with E-state index in [4.69, 9.17) is 22.6 Å². The van der Waals surface area contributed by atoms with Crippen LogP contribution < -0.4 is 0 Å². The van der Waals surface area contributed by atoms with Crippen molar-refractivity contribution in [2.24, 2.45) is 0 Å². The SMILES string of the molecule is [2H]c1c([2H])c([2H])c2c(c1[2H])-c1c([2H])c([2H])c([2H])c([2H])c1C2CCl. The van der Waals surface area contributed by atoms with Gasteiger partial charge in [0.15, 0.2) is 0 Å². The molecule has 0 fully saturated rings. The van der Waals surface area contributed by atoms with Gasteiger partial charge in [0, 0.05) is 11.8 Å². The molecule has 1 heteroatoms. The van der Waals surface area contributed by atoms with E-state index in [1.807, 2.05) is 0 Å². The van der Waals surface area contributed by atoms with Crippen LogP contribution in [0.5, 0.6) is 0 Å². The van der Waals surface area contributed by atoms with Gasteiger partial charge >= 0.3 is 0 Å². The summed E-state index contributed by atoms with van der Waals surface area (Å²) in [7, 11) is 0. The molecule has 0 radical (unpaired) electrons. The first-order valence-corrected chi connectivity index (χ1v) is 5.04. The third-order valence-corrected chi connectivity index (χ3v) is 2.84. The highest BCUT2D eigenvalue weighted by Crippen LogP contribution is 2.44. The second-order valence-corrected chi connectivity index (χ2v) is 3.59. The summed E-state index contributed by atoms with van der Waals surface area (Å²) in [5.74, 6) is -0.728. The summed E-state index contributed by atoms with van der Waals surface area (Å²) in [5.41, 5.74) is 0.744. The zero-order valence-electron chi connectivity index (χ0n) is 15.7. The van der Waals surface area contributed by atoms with E-state index in [1.54, 1.807) is 0 Å². The molecule has 0 atom stereocenters. The Morgan fingerprint density at radius 1 is 0.933 bits per heavy atom. The maximum Gasteiger partial charge on any atom is 0.0629 e. The molecule has 0 nitrogen and oxygen atoms in total. The second kappa shape index (κ2) is 3.39. The average molecular weight is 223 g/mol. The van der Waals surface area contributed by atoms with Gasteiger partial charge in [0.2, 0.25) is 0 Å². The van der Waals surface area contributed by atoms with Crippen molar-refractivity contribution in [3.63, 3.8) is 0 Å². The van der Waals surface area contributed by atoms with Crippen LogP contribution in [0.3, 0.4) is 0 Å². The third-order valence-electron chi connectivity index (χ3n) is 2.53. The topological polar surface area (TPSA) is 0 Å². The molecule has 0 unspecified atom stereocenters. The minimum Gasteiger partial charge on any atom is -0.126 e. The molecule has 0 aromatic heterocycles. The zero-order chi connectivity index (χ0) is 17.2. The smallest absolute Gasteiger partial charge is 0.0629 e. The molecule has 15 heavy (non-hydrogen) atoms. The fourth-order valence-corrected chi connectivity index (χ4v) is 2.17. The first-order valence-electron chi connectivity index (χ1n) is 8.50. The third kappa shape index (κ3) is 1.22. The molecule has 1 aliphatic carbocycles. The molecule has 1 aliphatic rings. The van der Waals surface area contributed by atoms with Gasteiger partial charge in [0.25, 0.3) is 0 Å². The van der Waals surface area contributed by atoms with Crippen LogP contribution in [0.1, 0.15) is 28.0 Å². The van der Waals surface area contributed by atoms with Crippen molar-refractivity contribution in [2.75, 3.05) is 5.88 Å². The van der Waals surface area contributed by atoms with E-state index in [0.717, 1.165) is 0 Å². The van der Waals surface area contributed by atoms with E-state index in [-0.39, 0.29) is 52.3 Å². The van der Waals surface area contributed by atoms with Gasteiger partial charge in [-0.05, 0) is 22.3 Å². The standard InChI is InChI=1S/C14H11Cl/c15-9-14-12-7-3-1-5-10(12)11-6-2-4-8-13(11)14/h1-8,14H,9H2/i1D,2D,3D,4D,5D,6D,7D,8D. The van der Waals surface area contributed by atoms with Crippen molar-refractivity contribution in [3.8, 4) is 11.1 Å². The Morgan fingerprint density at radius 3 is 1.87 bits per heavy atom. The summed E-state index contributed by atoms with van der Waals surface area (Å²) in [5, 5.41) is 0. The lowest BCUT2D eigenvalue weighted by atomic mass is 9.99. The quantitative estimate of drug-likeness (QED) is 0.639. The van der Waals surface area contributed by atoms with Crippen LogP contribution in [-0.2, 0) is 0 Å². The Morgan fingerprint density at radius 2 is 1.40 bits per heavy atom. The summed E-state index contributed by atoms with van der Waals surface area (Å²) in [6.45, 7) is 0. The highest BCUT2D eigenvalue weighted by atomic mass is 35.5. The van der Waals surface area contributed by atoms with Gasteiger partial charge in [-0.25, -0.2) is 0 Å². The molecule has 0 saturated heterocycles.